The topological polar surface area (TPSA) is 123 Å². The Kier molecular flexibility index (Phi) is 6.46. The Hall–Kier alpha value is -4.34. The van der Waals surface area contributed by atoms with Crippen LogP contribution in [0.1, 0.15) is 35.1 Å². The number of nitrogens with zero attached hydrogens (tertiary/aromatic N) is 2. The lowest BCUT2D eigenvalue weighted by Gasteiger charge is -2.22. The lowest BCUT2D eigenvalue weighted by molar-refractivity contribution is -0.138. The van der Waals surface area contributed by atoms with Crippen LogP contribution in [0.5, 0.6) is 11.5 Å². The minimum atomic E-state index is -1.33. The third-order valence-electron chi connectivity index (χ3n) is 5.93. The molecule has 0 bridgehead atoms. The average Bonchev–Trinajstić information content (AvgIpc) is 3.28. The van der Waals surface area contributed by atoms with Gasteiger partial charge in [0.2, 0.25) is 5.91 Å². The van der Waals surface area contributed by atoms with Gasteiger partial charge >= 0.3 is 6.03 Å². The van der Waals surface area contributed by atoms with Gasteiger partial charge in [0, 0.05) is 0 Å². The number of carbonyl (C=O) groups is 3. The molecule has 1 atom stereocenters. The molecule has 1 saturated heterocycles. The summed E-state index contributed by atoms with van der Waals surface area (Å²) in [6.45, 7) is 5.57. The van der Waals surface area contributed by atoms with Crippen molar-refractivity contribution in [3.05, 3.63) is 76.7 Å². The first-order chi connectivity index (χ1) is 16.7. The number of benzene rings is 2. The number of carbonyl (C=O) groups excluding carboxylic acids is 3. The number of hydrogen-bond donors (Lipinski definition) is 2. The Labute approximate surface area is 202 Å². The molecule has 0 saturated carbocycles. The van der Waals surface area contributed by atoms with Crippen LogP contribution in [0, 0.1) is 13.8 Å². The molecule has 10 heteroatoms. The van der Waals surface area contributed by atoms with Gasteiger partial charge in [-0.25, -0.2) is 4.79 Å². The van der Waals surface area contributed by atoms with Crippen molar-refractivity contribution in [2.45, 2.75) is 39.3 Å². The number of urea groups is 1. The average molecular weight is 479 g/mol. The van der Waals surface area contributed by atoms with E-state index in [-0.39, 0.29) is 6.42 Å². The fourth-order valence-corrected chi connectivity index (χ4v) is 3.79. The number of imide groups is 1. The first-order valence-electron chi connectivity index (χ1n) is 11.0. The molecule has 2 heterocycles. The molecule has 2 aromatic carbocycles. The second-order valence-corrected chi connectivity index (χ2v) is 8.37. The van der Waals surface area contributed by atoms with Crippen molar-refractivity contribution in [3.8, 4) is 11.5 Å². The van der Waals surface area contributed by atoms with E-state index in [1.54, 1.807) is 55.5 Å². The van der Waals surface area contributed by atoms with E-state index >= 15 is 0 Å². The molecule has 0 unspecified atom stereocenters. The molecule has 0 aliphatic carbocycles. The smallest absolute Gasteiger partial charge is 0.344 e. The quantitative estimate of drug-likeness (QED) is 0.477. The van der Waals surface area contributed by atoms with Crippen LogP contribution in [0.3, 0.4) is 0 Å². The molecule has 4 rings (SSSR count). The SMILES string of the molecule is COc1cccc([C@]2(C)NC(=O)N(NC(=O)Cc3ccc(OCc4c(C)noc4C)cc3)C2=O)c1. The summed E-state index contributed by atoms with van der Waals surface area (Å²) < 4.78 is 16.1. The Balaban J connectivity index is 1.36. The molecule has 1 fully saturated rings. The van der Waals surface area contributed by atoms with Crippen LogP contribution < -0.4 is 20.2 Å². The summed E-state index contributed by atoms with van der Waals surface area (Å²) in [4.78, 5) is 38.1. The highest BCUT2D eigenvalue weighted by Crippen LogP contribution is 2.30. The molecule has 0 spiro atoms. The summed E-state index contributed by atoms with van der Waals surface area (Å²) in [7, 11) is 1.51. The van der Waals surface area contributed by atoms with E-state index in [1.165, 1.54) is 7.11 Å². The van der Waals surface area contributed by atoms with Crippen LogP contribution in [-0.2, 0) is 28.2 Å². The van der Waals surface area contributed by atoms with Gasteiger partial charge in [0.1, 0.15) is 29.4 Å². The van der Waals surface area contributed by atoms with Crippen LogP contribution >= 0.6 is 0 Å². The lowest BCUT2D eigenvalue weighted by atomic mass is 9.92. The van der Waals surface area contributed by atoms with Crippen LogP contribution in [0.2, 0.25) is 0 Å². The molecular weight excluding hydrogens is 452 g/mol. The number of nitrogens with one attached hydrogen (secondary N) is 2. The van der Waals surface area contributed by atoms with E-state index in [9.17, 15) is 14.4 Å². The molecule has 1 aliphatic heterocycles. The lowest BCUT2D eigenvalue weighted by Crippen LogP contribution is -2.48. The zero-order chi connectivity index (χ0) is 25.2. The van der Waals surface area contributed by atoms with Gasteiger partial charge in [0.25, 0.3) is 5.91 Å². The summed E-state index contributed by atoms with van der Waals surface area (Å²) in [6, 6.07) is 13.1. The Bertz CT molecular complexity index is 1250. The van der Waals surface area contributed by atoms with Gasteiger partial charge in [0.15, 0.2) is 0 Å². The normalized spacial score (nSPS) is 17.3. The Morgan fingerprint density at radius 1 is 1.14 bits per heavy atom. The number of aromatic nitrogens is 1. The maximum Gasteiger partial charge on any atom is 0.344 e. The zero-order valence-electron chi connectivity index (χ0n) is 19.9. The van der Waals surface area contributed by atoms with E-state index in [0.717, 1.165) is 11.3 Å². The van der Waals surface area contributed by atoms with Crippen LogP contribution in [0.15, 0.2) is 53.1 Å². The molecule has 10 nitrogen and oxygen atoms in total. The second kappa shape index (κ2) is 9.49. The van der Waals surface area contributed by atoms with Gasteiger partial charge < -0.3 is 19.3 Å². The summed E-state index contributed by atoms with van der Waals surface area (Å²) in [6.07, 6.45) is -0.0307. The predicted molar refractivity (Wildman–Crippen MR) is 124 cm³/mol. The fraction of sp³-hybridized carbons (Fsp3) is 0.280. The molecule has 0 radical (unpaired) electrons. The maximum absolute atomic E-state index is 13.0. The van der Waals surface area contributed by atoms with E-state index in [1.807, 2.05) is 13.8 Å². The van der Waals surface area contributed by atoms with Crippen LogP contribution in [-0.4, -0.2) is 35.1 Å². The number of methoxy groups -OCH3 is 1. The molecule has 1 aliphatic rings. The number of rotatable bonds is 8. The maximum atomic E-state index is 13.0. The largest absolute Gasteiger partial charge is 0.497 e. The summed E-state index contributed by atoms with van der Waals surface area (Å²) >= 11 is 0. The first-order valence-corrected chi connectivity index (χ1v) is 11.0. The van der Waals surface area contributed by atoms with E-state index in [2.05, 4.69) is 15.9 Å². The highest BCUT2D eigenvalue weighted by Gasteiger charge is 2.50. The summed E-state index contributed by atoms with van der Waals surface area (Å²) in [5.41, 5.74) is 3.97. The van der Waals surface area contributed by atoms with Gasteiger partial charge in [-0.1, -0.05) is 29.4 Å². The molecule has 1 aromatic heterocycles. The van der Waals surface area contributed by atoms with Crippen molar-refractivity contribution in [1.29, 1.82) is 0 Å². The Morgan fingerprint density at radius 3 is 2.54 bits per heavy atom. The summed E-state index contributed by atoms with van der Waals surface area (Å²) in [5.74, 6) is 0.781. The minimum absolute atomic E-state index is 0.0307. The third-order valence-corrected chi connectivity index (χ3v) is 5.93. The number of hydrogen-bond acceptors (Lipinski definition) is 7. The standard InChI is InChI=1S/C25H26N4O6/c1-15-21(16(2)35-28-15)14-34-19-10-8-17(9-11-19)12-22(30)27-29-23(31)25(3,26-24(29)32)18-6-5-7-20(13-18)33-4/h5-11,13H,12,14H2,1-4H3,(H,26,32)(H,27,30)/t25-/m0/s1. The van der Waals surface area contributed by atoms with Crippen LogP contribution in [0.25, 0.3) is 0 Å². The van der Waals surface area contributed by atoms with Gasteiger partial charge in [-0.3, -0.25) is 15.0 Å². The monoisotopic (exact) mass is 478 g/mol. The zero-order valence-corrected chi connectivity index (χ0v) is 19.9. The van der Waals surface area contributed by atoms with Crippen molar-refractivity contribution in [3.63, 3.8) is 0 Å². The molecule has 4 amide bonds. The van der Waals surface area contributed by atoms with Gasteiger partial charge in [-0.15, -0.1) is 0 Å². The molecular formula is C25H26N4O6. The van der Waals surface area contributed by atoms with Gasteiger partial charge in [0.05, 0.1) is 24.8 Å². The molecule has 2 N–H and O–H groups in total. The number of hydrazine groups is 1. The van der Waals surface area contributed by atoms with E-state index in [0.29, 0.717) is 40.0 Å². The molecule has 3 aromatic rings. The highest BCUT2D eigenvalue weighted by molar-refractivity contribution is 6.08. The third kappa shape index (κ3) is 4.81. The van der Waals surface area contributed by atoms with Crippen molar-refractivity contribution in [2.24, 2.45) is 0 Å². The fourth-order valence-electron chi connectivity index (χ4n) is 3.79. The van der Waals surface area contributed by atoms with E-state index < -0.39 is 23.4 Å². The predicted octanol–water partition coefficient (Wildman–Crippen LogP) is 2.92. The van der Waals surface area contributed by atoms with E-state index in [4.69, 9.17) is 14.0 Å². The van der Waals surface area contributed by atoms with Crippen molar-refractivity contribution >= 4 is 17.8 Å². The molecule has 182 valence electrons. The summed E-state index contributed by atoms with van der Waals surface area (Å²) in [5, 5.41) is 7.26. The van der Waals surface area contributed by atoms with Gasteiger partial charge in [-0.2, -0.15) is 5.01 Å². The first kappa shape index (κ1) is 23.8. The van der Waals surface area contributed by atoms with Crippen molar-refractivity contribution in [2.75, 3.05) is 7.11 Å². The van der Waals surface area contributed by atoms with Gasteiger partial charge in [-0.05, 0) is 56.2 Å². The van der Waals surface area contributed by atoms with Crippen molar-refractivity contribution in [1.82, 2.24) is 20.9 Å². The minimum Gasteiger partial charge on any atom is -0.497 e. The van der Waals surface area contributed by atoms with Crippen molar-refractivity contribution < 1.29 is 28.4 Å². The number of ether oxygens (including phenoxy) is 2. The highest BCUT2D eigenvalue weighted by atomic mass is 16.5. The Morgan fingerprint density at radius 2 is 1.89 bits per heavy atom. The number of aryl methyl sites for hydroxylation is 2. The second-order valence-electron chi connectivity index (χ2n) is 8.37. The van der Waals surface area contributed by atoms with Crippen LogP contribution in [0.4, 0.5) is 4.79 Å². The number of amides is 4. The molecule has 35 heavy (non-hydrogen) atoms.